The quantitative estimate of drug-likeness (QED) is 0.0570. The first-order valence-electron chi connectivity index (χ1n) is 23.8. The fourth-order valence-electron chi connectivity index (χ4n) is 12.3. The molecule has 0 saturated heterocycles. The molecule has 0 aliphatic rings. The third-order valence-corrected chi connectivity index (χ3v) is 60.8. The van der Waals surface area contributed by atoms with Crippen molar-refractivity contribution in [2.24, 2.45) is 0 Å². The molecule has 0 atom stereocenters. The molecule has 0 fully saturated rings. The molecule has 1 radical (unpaired) electrons. The zero-order chi connectivity index (χ0) is 40.6. The molecule has 0 aromatic heterocycles. The van der Waals surface area contributed by atoms with Gasteiger partial charge in [0.15, 0.2) is 0 Å². The summed E-state index contributed by atoms with van der Waals surface area (Å²) in [4.78, 5) is 0. The molecule has 0 nitrogen and oxygen atoms in total. The summed E-state index contributed by atoms with van der Waals surface area (Å²) >= 11 is 0. The van der Waals surface area contributed by atoms with E-state index in [2.05, 4.69) is 161 Å². The van der Waals surface area contributed by atoms with Crippen LogP contribution in [-0.2, 0) is 17.4 Å². The van der Waals surface area contributed by atoms with Gasteiger partial charge in [0.05, 0.1) is 0 Å². The van der Waals surface area contributed by atoms with Crippen LogP contribution in [0, 0.1) is 15.5 Å². The summed E-state index contributed by atoms with van der Waals surface area (Å²) in [5, 5.41) is 6.43. The van der Waals surface area contributed by atoms with Crippen molar-refractivity contribution in [3.63, 3.8) is 0 Å². The van der Waals surface area contributed by atoms with E-state index in [-0.39, 0.29) is 17.4 Å². The van der Waals surface area contributed by atoms with Crippen molar-refractivity contribution >= 4 is 48.4 Å². The molecule has 0 rings (SSSR count). The maximum absolute atomic E-state index is 2.47. The predicted molar refractivity (Wildman–Crippen MR) is 264 cm³/mol. The minimum Gasteiger partial charge on any atom is -0.311 e. The van der Waals surface area contributed by atoms with Crippen LogP contribution in [0.3, 0.4) is 0 Å². The Hall–Kier alpha value is 1.83. The van der Waals surface area contributed by atoms with Gasteiger partial charge in [-0.3, -0.25) is 0 Å². The van der Waals surface area contributed by atoms with E-state index in [1.807, 2.05) is 0 Å². The Kier molecular flexibility index (Phi) is 35.9. The summed E-state index contributed by atoms with van der Waals surface area (Å²) in [5.74, 6) is 0. The van der Waals surface area contributed by atoms with Gasteiger partial charge < -0.3 is 15.5 Å². The van der Waals surface area contributed by atoms with Crippen molar-refractivity contribution in [3.05, 3.63) is 15.5 Å². The molecule has 0 aliphatic carbocycles. The van der Waals surface area contributed by atoms with Gasteiger partial charge in [0, 0.05) is 0 Å². The normalized spacial score (nSPS) is 13.2. The van der Waals surface area contributed by atoms with Crippen molar-refractivity contribution in [1.82, 2.24) is 0 Å². The topological polar surface area (TPSA) is 0 Å². The summed E-state index contributed by atoms with van der Waals surface area (Å²) in [6.45, 7) is 51.7. The molecule has 0 bridgehead atoms. The van der Waals surface area contributed by atoms with E-state index in [0.717, 1.165) is 0 Å². The van der Waals surface area contributed by atoms with Crippen molar-refractivity contribution in [3.8, 4) is 0 Å². The van der Waals surface area contributed by atoms with E-state index in [1.165, 1.54) is 128 Å². The van der Waals surface area contributed by atoms with Crippen LogP contribution in [0.1, 0.15) is 165 Å². The van der Waals surface area contributed by atoms with Gasteiger partial charge in [0.2, 0.25) is 0 Å². The third-order valence-electron chi connectivity index (χ3n) is 17.1. The average Bonchev–Trinajstić information content (AvgIpc) is 3.20. The van der Waals surface area contributed by atoms with Crippen LogP contribution in [0.2, 0.25) is 109 Å². The van der Waals surface area contributed by atoms with Crippen molar-refractivity contribution in [2.75, 3.05) is 0 Å². The van der Waals surface area contributed by atoms with Gasteiger partial charge in [-0.1, -0.05) is 303 Å². The number of rotatable bonds is 27. The zero-order valence-corrected chi connectivity index (χ0v) is 48.0. The first kappa shape index (κ1) is 60.5. The predicted octanol–water partition coefficient (Wildman–Crippen LogP) is 18.2. The molecule has 0 aromatic carbocycles. The first-order valence-corrected chi connectivity index (χ1v) is 39.5. The molecule has 315 valence electrons. The van der Waals surface area contributed by atoms with Crippen LogP contribution >= 0.6 is 0 Å². The van der Waals surface area contributed by atoms with Gasteiger partial charge in [0.1, 0.15) is 0 Å². The van der Waals surface area contributed by atoms with E-state index >= 15 is 0 Å². The molecule has 0 unspecified atom stereocenters. The molecular weight excluding hydrogens is 761 g/mol. The Morgan fingerprint density at radius 1 is 0.192 bits per heavy atom. The molecule has 0 N–H and O–H groups in total. The molecule has 0 spiro atoms. The number of hydrogen-bond acceptors (Lipinski definition) is 0. The van der Waals surface area contributed by atoms with Crippen LogP contribution in [-0.4, -0.2) is 48.4 Å². The molecule has 0 saturated carbocycles. The maximum Gasteiger partial charge on any atom is 3.00 e. The Bertz CT molecular complexity index is 581. The Morgan fingerprint density at radius 3 is 0.308 bits per heavy atom. The second kappa shape index (κ2) is 30.8. The monoisotopic (exact) mass is 866 g/mol. The van der Waals surface area contributed by atoms with Gasteiger partial charge in [-0.25, -0.2) is 0 Å². The smallest absolute Gasteiger partial charge is 0.311 e. The van der Waals surface area contributed by atoms with E-state index in [0.29, 0.717) is 0 Å². The third kappa shape index (κ3) is 14.0. The second-order valence-electron chi connectivity index (χ2n) is 16.5. The summed E-state index contributed by atoms with van der Waals surface area (Å²) in [6, 6.07) is 26.7. The van der Waals surface area contributed by atoms with Crippen molar-refractivity contribution in [2.45, 2.75) is 273 Å². The maximum atomic E-state index is 2.47. The van der Waals surface area contributed by atoms with Crippen molar-refractivity contribution < 1.29 is 17.4 Å². The van der Waals surface area contributed by atoms with Gasteiger partial charge in [0.25, 0.3) is 0 Å². The first-order chi connectivity index (χ1) is 24.2. The largest absolute Gasteiger partial charge is 3.00 e. The molecule has 0 heterocycles. The van der Waals surface area contributed by atoms with Gasteiger partial charge >= 0.3 is 17.4 Å². The Labute approximate surface area is 352 Å². The summed E-state index contributed by atoms with van der Waals surface area (Å²) < 4.78 is 0. The van der Waals surface area contributed by atoms with Gasteiger partial charge in [-0.05, 0) is 0 Å². The van der Waals surface area contributed by atoms with Gasteiger partial charge in [-0.2, -0.15) is 19.3 Å². The Morgan fingerprint density at radius 2 is 0.269 bits per heavy atom. The fraction of sp³-hybridized carbons (Fsp3) is 0.933. The van der Waals surface area contributed by atoms with Crippen molar-refractivity contribution in [1.29, 1.82) is 0 Å². The molecule has 0 aliphatic heterocycles. The van der Waals surface area contributed by atoms with E-state index in [9.17, 15) is 0 Å². The van der Waals surface area contributed by atoms with E-state index in [4.69, 9.17) is 0 Å². The molecular formula is C45H105CrSi6. The van der Waals surface area contributed by atoms with Crippen LogP contribution in [0.25, 0.3) is 0 Å². The minimum atomic E-state index is -1.07. The standard InChI is InChI=1S/3C15H35Si2.Cr/c3*1-8-15(16(9-2,10-3)11-4)17(12-5,13-6)14-7;/h3*8-14H2,1-7H3;/q3*-1;+3. The number of hydrogen-bond donors (Lipinski definition) is 0. The molecule has 52 heavy (non-hydrogen) atoms. The SMILES string of the molecule is CC[C-]([Si](CC)(CC)CC)[Si](CC)(CC)CC.CC[C-]([Si](CC)(CC)CC)[Si](CC)(CC)CC.CC[C-]([Si](CC)(CC)CC)[Si](CC)(CC)CC.[Cr+3]. The van der Waals surface area contributed by atoms with Crippen LogP contribution in [0.5, 0.6) is 0 Å². The van der Waals surface area contributed by atoms with Crippen LogP contribution < -0.4 is 0 Å². The minimum absolute atomic E-state index is 0. The Balaban J connectivity index is -0.000000329. The summed E-state index contributed by atoms with van der Waals surface area (Å²) in [7, 11) is -6.40. The molecule has 7 heteroatoms. The molecule has 0 aromatic rings. The fourth-order valence-corrected chi connectivity index (χ4v) is 56.5. The van der Waals surface area contributed by atoms with Gasteiger partial charge in [-0.15, -0.1) is 0 Å². The molecule has 0 amide bonds. The summed E-state index contributed by atoms with van der Waals surface area (Å²) in [5.41, 5.74) is 0. The van der Waals surface area contributed by atoms with E-state index in [1.54, 1.807) is 0 Å². The average molecular weight is 867 g/mol. The second-order valence-corrected chi connectivity index (χ2v) is 49.8. The van der Waals surface area contributed by atoms with Crippen LogP contribution in [0.15, 0.2) is 0 Å². The van der Waals surface area contributed by atoms with E-state index < -0.39 is 48.4 Å². The summed E-state index contributed by atoms with van der Waals surface area (Å²) in [6.07, 6.45) is 4.18. The zero-order valence-electron chi connectivity index (χ0n) is 40.8. The van der Waals surface area contributed by atoms with Crippen LogP contribution in [0.4, 0.5) is 0 Å².